The molecule has 1 atom stereocenters. The van der Waals surface area contributed by atoms with Gasteiger partial charge in [0.2, 0.25) is 0 Å². The van der Waals surface area contributed by atoms with Crippen molar-refractivity contribution in [3.05, 3.63) is 109 Å². The van der Waals surface area contributed by atoms with Crippen LogP contribution in [0.15, 0.2) is 109 Å². The molecule has 0 aromatic rings. The minimum atomic E-state index is -0.792. The van der Waals surface area contributed by atoms with Crippen molar-refractivity contribution in [3.63, 3.8) is 0 Å². The second-order valence-corrected chi connectivity index (χ2v) is 20.9. The number of carbonyl (C=O) groups is 3. The molecular formula is C70H118O6. The highest BCUT2D eigenvalue weighted by Gasteiger charge is 2.19. The van der Waals surface area contributed by atoms with Crippen LogP contribution in [-0.4, -0.2) is 37.2 Å². The van der Waals surface area contributed by atoms with Gasteiger partial charge in [-0.1, -0.05) is 278 Å². The Morgan fingerprint density at radius 2 is 0.513 bits per heavy atom. The monoisotopic (exact) mass is 1050 g/mol. The first-order valence-electron chi connectivity index (χ1n) is 31.9. The molecule has 0 fully saturated rings. The van der Waals surface area contributed by atoms with Gasteiger partial charge in [-0.25, -0.2) is 0 Å². The van der Waals surface area contributed by atoms with Crippen molar-refractivity contribution in [2.45, 2.75) is 303 Å². The van der Waals surface area contributed by atoms with E-state index in [4.69, 9.17) is 14.2 Å². The van der Waals surface area contributed by atoms with Crippen LogP contribution in [0.2, 0.25) is 0 Å². The maximum absolute atomic E-state index is 12.9. The molecule has 0 heterocycles. The Morgan fingerprint density at radius 3 is 0.816 bits per heavy atom. The normalized spacial score (nSPS) is 12.8. The fourth-order valence-electron chi connectivity index (χ4n) is 8.75. The van der Waals surface area contributed by atoms with E-state index >= 15 is 0 Å². The molecule has 0 aliphatic rings. The van der Waals surface area contributed by atoms with E-state index in [1.54, 1.807) is 0 Å². The van der Waals surface area contributed by atoms with E-state index in [2.05, 4.69) is 130 Å². The van der Waals surface area contributed by atoms with Gasteiger partial charge in [0.05, 0.1) is 0 Å². The Bertz CT molecular complexity index is 1540. The predicted octanol–water partition coefficient (Wildman–Crippen LogP) is 21.8. The summed E-state index contributed by atoms with van der Waals surface area (Å²) in [4.78, 5) is 38.1. The maximum Gasteiger partial charge on any atom is 0.306 e. The summed E-state index contributed by atoms with van der Waals surface area (Å²) < 4.78 is 16.8. The lowest BCUT2D eigenvalue weighted by atomic mass is 10.0. The molecule has 0 aliphatic carbocycles. The van der Waals surface area contributed by atoms with E-state index in [-0.39, 0.29) is 31.1 Å². The highest BCUT2D eigenvalue weighted by Crippen LogP contribution is 2.16. The second-order valence-electron chi connectivity index (χ2n) is 20.9. The minimum absolute atomic E-state index is 0.0883. The first-order chi connectivity index (χ1) is 37.5. The number of hydrogen-bond donors (Lipinski definition) is 0. The molecule has 0 radical (unpaired) electrons. The van der Waals surface area contributed by atoms with Gasteiger partial charge in [0, 0.05) is 19.3 Å². The Morgan fingerprint density at radius 1 is 0.276 bits per heavy atom. The summed E-state index contributed by atoms with van der Waals surface area (Å²) in [5.41, 5.74) is 0. The van der Waals surface area contributed by atoms with Gasteiger partial charge in [-0.2, -0.15) is 0 Å². The van der Waals surface area contributed by atoms with Crippen LogP contribution in [0.5, 0.6) is 0 Å². The highest BCUT2D eigenvalue weighted by molar-refractivity contribution is 5.71. The van der Waals surface area contributed by atoms with Crippen LogP contribution in [0.3, 0.4) is 0 Å². The molecule has 434 valence electrons. The highest BCUT2D eigenvalue weighted by atomic mass is 16.6. The molecule has 76 heavy (non-hydrogen) atoms. The van der Waals surface area contributed by atoms with Gasteiger partial charge in [0.25, 0.3) is 0 Å². The van der Waals surface area contributed by atoms with Crippen LogP contribution in [0.4, 0.5) is 0 Å². The van der Waals surface area contributed by atoms with E-state index in [0.29, 0.717) is 19.3 Å². The summed E-state index contributed by atoms with van der Waals surface area (Å²) in [6.45, 7) is 6.47. The van der Waals surface area contributed by atoms with Crippen LogP contribution in [0.1, 0.15) is 297 Å². The third kappa shape index (κ3) is 60.9. The third-order valence-electron chi connectivity index (χ3n) is 13.5. The molecule has 6 nitrogen and oxygen atoms in total. The number of esters is 3. The van der Waals surface area contributed by atoms with Crippen molar-refractivity contribution in [1.82, 2.24) is 0 Å². The molecule has 0 bridgehead atoms. The predicted molar refractivity (Wildman–Crippen MR) is 330 cm³/mol. The van der Waals surface area contributed by atoms with Gasteiger partial charge >= 0.3 is 17.9 Å². The van der Waals surface area contributed by atoms with Gasteiger partial charge < -0.3 is 14.2 Å². The molecule has 0 saturated carbocycles. The quantitative estimate of drug-likeness (QED) is 0.0261. The Labute approximate surface area is 470 Å². The van der Waals surface area contributed by atoms with Crippen molar-refractivity contribution in [2.24, 2.45) is 0 Å². The lowest BCUT2D eigenvalue weighted by Crippen LogP contribution is -2.30. The zero-order valence-electron chi connectivity index (χ0n) is 49.7. The largest absolute Gasteiger partial charge is 0.462 e. The lowest BCUT2D eigenvalue weighted by molar-refractivity contribution is -0.167. The number of allylic oxidation sites excluding steroid dienone is 18. The average Bonchev–Trinajstić information content (AvgIpc) is 3.42. The summed E-state index contributed by atoms with van der Waals surface area (Å²) in [7, 11) is 0. The first-order valence-corrected chi connectivity index (χ1v) is 31.9. The molecule has 0 amide bonds. The molecule has 0 aromatic heterocycles. The molecule has 0 rings (SSSR count). The first kappa shape index (κ1) is 72.1. The number of ether oxygens (including phenoxy) is 3. The Kier molecular flexibility index (Phi) is 60.3. The van der Waals surface area contributed by atoms with Crippen LogP contribution >= 0.6 is 0 Å². The van der Waals surface area contributed by atoms with Gasteiger partial charge in [0.15, 0.2) is 6.10 Å². The minimum Gasteiger partial charge on any atom is -0.462 e. The standard InChI is InChI=1S/C70H118O6/c1-4-7-10-13-16-19-21-23-25-27-29-31-33-35-37-39-41-43-45-47-49-51-54-57-60-63-69(72)75-66-67(65-74-68(71)62-59-56-53-18-15-12-9-6-3)76-70(73)64-61-58-55-52-50-48-46-44-42-40-38-36-34-32-30-28-26-24-22-20-17-14-11-8-5-2/h7,10,16,19,22-25,28-31,35,37,41,43,47,49,67H,4-6,8-9,11-15,17-18,20-21,26-27,32-34,36,38-40,42,44-46,48,50-66H2,1-3H3/b10-7-,19-16-,24-22-,25-23-,30-28-,31-29-,37-35-,43-41-,49-47-. The number of hydrogen-bond acceptors (Lipinski definition) is 6. The molecule has 0 spiro atoms. The van der Waals surface area contributed by atoms with Crippen molar-refractivity contribution in [2.75, 3.05) is 13.2 Å². The molecule has 1 unspecified atom stereocenters. The molecule has 0 aromatic carbocycles. The third-order valence-corrected chi connectivity index (χ3v) is 13.5. The number of carbonyl (C=O) groups excluding carboxylic acids is 3. The van der Waals surface area contributed by atoms with E-state index in [1.165, 1.54) is 141 Å². The van der Waals surface area contributed by atoms with E-state index < -0.39 is 6.10 Å². The lowest BCUT2D eigenvalue weighted by Gasteiger charge is -2.18. The van der Waals surface area contributed by atoms with Crippen LogP contribution in [-0.2, 0) is 28.6 Å². The van der Waals surface area contributed by atoms with E-state index in [1.807, 2.05) is 0 Å². The molecular weight excluding hydrogens is 937 g/mol. The maximum atomic E-state index is 12.9. The van der Waals surface area contributed by atoms with Crippen molar-refractivity contribution in [1.29, 1.82) is 0 Å². The summed E-state index contributed by atoms with van der Waals surface area (Å²) >= 11 is 0. The zero-order valence-corrected chi connectivity index (χ0v) is 49.7. The average molecular weight is 1060 g/mol. The van der Waals surface area contributed by atoms with Crippen molar-refractivity contribution in [3.8, 4) is 0 Å². The van der Waals surface area contributed by atoms with Gasteiger partial charge in [0.1, 0.15) is 13.2 Å². The number of rotatable bonds is 57. The topological polar surface area (TPSA) is 78.9 Å². The van der Waals surface area contributed by atoms with Crippen molar-refractivity contribution >= 4 is 17.9 Å². The zero-order chi connectivity index (χ0) is 55.0. The van der Waals surface area contributed by atoms with Crippen LogP contribution in [0.25, 0.3) is 0 Å². The SMILES string of the molecule is CC/C=C\C/C=C\C/C=C\C/C=C\C/C=C\C/C=C\C/C=C\CCCCCC(=O)OCC(COC(=O)CCCCCCCCCC)OC(=O)CCCCCCCCCCCCCCC/C=C\C/C=C\CCCCCCC. The van der Waals surface area contributed by atoms with Gasteiger partial charge in [-0.05, 0) is 109 Å². The summed E-state index contributed by atoms with van der Waals surface area (Å²) in [6.07, 6.45) is 86.8. The second kappa shape index (κ2) is 63.6. The van der Waals surface area contributed by atoms with E-state index in [9.17, 15) is 14.4 Å². The molecule has 0 saturated heterocycles. The summed E-state index contributed by atoms with van der Waals surface area (Å²) in [5.74, 6) is -0.922. The van der Waals surface area contributed by atoms with Gasteiger partial charge in [-0.3, -0.25) is 14.4 Å². The fourth-order valence-corrected chi connectivity index (χ4v) is 8.75. The smallest absolute Gasteiger partial charge is 0.306 e. The summed E-state index contributed by atoms with van der Waals surface area (Å²) in [5, 5.41) is 0. The van der Waals surface area contributed by atoms with Gasteiger partial charge in [-0.15, -0.1) is 0 Å². The summed E-state index contributed by atoms with van der Waals surface area (Å²) in [6, 6.07) is 0. The Balaban J connectivity index is 4.26. The van der Waals surface area contributed by atoms with E-state index in [0.717, 1.165) is 116 Å². The van der Waals surface area contributed by atoms with Crippen molar-refractivity contribution < 1.29 is 28.6 Å². The van der Waals surface area contributed by atoms with Crippen LogP contribution < -0.4 is 0 Å². The fraction of sp³-hybridized carbons (Fsp3) is 0.700. The Hall–Kier alpha value is -3.93. The molecule has 0 aliphatic heterocycles. The number of unbranched alkanes of at least 4 members (excludes halogenated alkanes) is 28. The van der Waals surface area contributed by atoms with Crippen LogP contribution in [0, 0.1) is 0 Å². The molecule has 6 heteroatoms. The molecule has 0 N–H and O–H groups in total.